The first-order valence-corrected chi connectivity index (χ1v) is 11.0. The number of ether oxygens (including phenoxy) is 1. The molecule has 1 aliphatic rings. The number of nitrogens with zero attached hydrogens (tertiary/aromatic N) is 7. The summed E-state index contributed by atoms with van der Waals surface area (Å²) in [4.78, 5) is 13.1. The first-order chi connectivity index (χ1) is 16.3. The van der Waals surface area contributed by atoms with Crippen molar-refractivity contribution >= 4 is 10.9 Å². The van der Waals surface area contributed by atoms with Crippen molar-refractivity contribution in [3.05, 3.63) is 66.6 Å². The summed E-state index contributed by atoms with van der Waals surface area (Å²) in [5.41, 5.74) is 2.47. The van der Waals surface area contributed by atoms with Gasteiger partial charge in [-0.05, 0) is 49.2 Å². The number of hydrogen-bond donors (Lipinski definition) is 0. The zero-order chi connectivity index (χ0) is 22.0. The lowest BCUT2D eigenvalue weighted by Gasteiger charge is -2.09. The van der Waals surface area contributed by atoms with Crippen LogP contribution >= 0.6 is 0 Å². The Bertz CT molecular complexity index is 1400. The standard InChI is InChI=1S/C24H21N7O2/c1-2-4-21-28-29-22(31(21)13-3-1)15-32-17-7-5-16(6-8-17)23-27-24(33-30-23)18-9-12-26-20-10-11-25-14-19(18)20/h5-12,14H,1-4,13,15H2. The van der Waals surface area contributed by atoms with Crippen LogP contribution in [0.2, 0.25) is 0 Å². The maximum Gasteiger partial charge on any atom is 0.259 e. The Labute approximate surface area is 189 Å². The summed E-state index contributed by atoms with van der Waals surface area (Å²) in [6.45, 7) is 1.35. The van der Waals surface area contributed by atoms with Crippen molar-refractivity contribution in [2.75, 3.05) is 0 Å². The van der Waals surface area contributed by atoms with E-state index in [2.05, 4.69) is 34.9 Å². The van der Waals surface area contributed by atoms with Gasteiger partial charge in [0.15, 0.2) is 5.82 Å². The van der Waals surface area contributed by atoms with Crippen molar-refractivity contribution in [2.45, 2.75) is 38.8 Å². The van der Waals surface area contributed by atoms with Gasteiger partial charge in [-0.3, -0.25) is 9.97 Å². The Morgan fingerprint density at radius 3 is 2.85 bits per heavy atom. The summed E-state index contributed by atoms with van der Waals surface area (Å²) in [6, 6.07) is 11.3. The normalized spacial score (nSPS) is 13.6. The lowest BCUT2D eigenvalue weighted by atomic mass is 10.1. The Kier molecular flexibility index (Phi) is 4.98. The second kappa shape index (κ2) is 8.42. The minimum atomic E-state index is 0.391. The van der Waals surface area contributed by atoms with Crippen LogP contribution in [0.4, 0.5) is 0 Å². The van der Waals surface area contributed by atoms with Crippen molar-refractivity contribution in [1.82, 2.24) is 34.9 Å². The Morgan fingerprint density at radius 2 is 1.91 bits per heavy atom. The maximum absolute atomic E-state index is 5.97. The third-order valence-corrected chi connectivity index (χ3v) is 5.87. The number of rotatable bonds is 5. The summed E-state index contributed by atoms with van der Waals surface area (Å²) in [7, 11) is 0. The smallest absolute Gasteiger partial charge is 0.259 e. The van der Waals surface area contributed by atoms with Crippen molar-refractivity contribution in [1.29, 1.82) is 0 Å². The molecule has 164 valence electrons. The average Bonchev–Trinajstić information content (AvgIpc) is 3.44. The number of aryl methyl sites for hydroxylation is 1. The summed E-state index contributed by atoms with van der Waals surface area (Å²) in [5.74, 6) is 3.62. The molecule has 1 aliphatic heterocycles. The van der Waals surface area contributed by atoms with Crippen molar-refractivity contribution < 1.29 is 9.26 Å². The van der Waals surface area contributed by atoms with Crippen LogP contribution in [0.25, 0.3) is 33.7 Å². The summed E-state index contributed by atoms with van der Waals surface area (Å²) in [6.07, 6.45) is 9.74. The van der Waals surface area contributed by atoms with Crippen LogP contribution in [-0.2, 0) is 19.6 Å². The van der Waals surface area contributed by atoms with Crippen LogP contribution in [0.5, 0.6) is 5.75 Å². The van der Waals surface area contributed by atoms with Crippen LogP contribution in [0, 0.1) is 0 Å². The third kappa shape index (κ3) is 3.82. The Morgan fingerprint density at radius 1 is 0.970 bits per heavy atom. The number of hydrogen-bond acceptors (Lipinski definition) is 8. The highest BCUT2D eigenvalue weighted by atomic mass is 16.5. The van der Waals surface area contributed by atoms with Gasteiger partial charge in [-0.2, -0.15) is 4.98 Å². The largest absolute Gasteiger partial charge is 0.486 e. The van der Waals surface area contributed by atoms with E-state index in [1.807, 2.05) is 36.4 Å². The predicted octanol–water partition coefficient (Wildman–Crippen LogP) is 4.24. The van der Waals surface area contributed by atoms with Gasteiger partial charge in [0.05, 0.1) is 11.1 Å². The van der Waals surface area contributed by atoms with E-state index in [1.165, 1.54) is 12.8 Å². The molecule has 0 radical (unpaired) electrons. The number of benzene rings is 1. The van der Waals surface area contributed by atoms with Gasteiger partial charge in [-0.15, -0.1) is 10.2 Å². The lowest BCUT2D eigenvalue weighted by molar-refractivity contribution is 0.288. The Balaban J connectivity index is 1.18. The van der Waals surface area contributed by atoms with E-state index in [4.69, 9.17) is 9.26 Å². The van der Waals surface area contributed by atoms with E-state index in [0.717, 1.165) is 58.8 Å². The highest BCUT2D eigenvalue weighted by Gasteiger charge is 2.16. The monoisotopic (exact) mass is 439 g/mol. The van der Waals surface area contributed by atoms with Gasteiger partial charge in [0.25, 0.3) is 5.89 Å². The van der Waals surface area contributed by atoms with Crippen LogP contribution in [0.1, 0.15) is 30.9 Å². The highest BCUT2D eigenvalue weighted by molar-refractivity contribution is 5.91. The lowest BCUT2D eigenvalue weighted by Crippen LogP contribution is -2.08. The fourth-order valence-electron chi connectivity index (χ4n) is 4.13. The average molecular weight is 439 g/mol. The molecule has 0 amide bonds. The molecule has 5 aromatic rings. The quantitative estimate of drug-likeness (QED) is 0.400. The second-order valence-corrected chi connectivity index (χ2v) is 7.98. The molecule has 0 unspecified atom stereocenters. The van der Waals surface area contributed by atoms with E-state index in [-0.39, 0.29) is 0 Å². The molecule has 5 heterocycles. The molecule has 0 saturated heterocycles. The fraction of sp³-hybridized carbons (Fsp3) is 0.250. The minimum Gasteiger partial charge on any atom is -0.486 e. The van der Waals surface area contributed by atoms with Gasteiger partial charge in [-0.1, -0.05) is 11.6 Å². The fourth-order valence-corrected chi connectivity index (χ4v) is 4.13. The number of fused-ring (bicyclic) bond motifs is 2. The van der Waals surface area contributed by atoms with Crippen molar-refractivity contribution in [3.8, 4) is 28.6 Å². The highest BCUT2D eigenvalue weighted by Crippen LogP contribution is 2.28. The number of pyridine rings is 2. The zero-order valence-corrected chi connectivity index (χ0v) is 17.9. The van der Waals surface area contributed by atoms with Crippen molar-refractivity contribution in [3.63, 3.8) is 0 Å². The Hall–Kier alpha value is -4.14. The number of aromatic nitrogens is 7. The molecule has 9 nitrogen and oxygen atoms in total. The molecule has 0 aliphatic carbocycles. The van der Waals surface area contributed by atoms with Gasteiger partial charge in [-0.25, -0.2) is 0 Å². The molecule has 1 aromatic carbocycles. The minimum absolute atomic E-state index is 0.391. The van der Waals surface area contributed by atoms with E-state index in [0.29, 0.717) is 18.3 Å². The SMILES string of the molecule is c1cc2nccc(-c3nc(-c4ccc(OCc5nnc6n5CCCCC6)cc4)no3)c2cn1. The van der Waals surface area contributed by atoms with Gasteiger partial charge >= 0.3 is 0 Å². The maximum atomic E-state index is 5.97. The molecule has 9 heteroatoms. The molecule has 0 N–H and O–H groups in total. The molecule has 0 bridgehead atoms. The van der Waals surface area contributed by atoms with Gasteiger partial charge in [0.1, 0.15) is 18.2 Å². The van der Waals surface area contributed by atoms with Gasteiger partial charge in [0, 0.05) is 42.5 Å². The van der Waals surface area contributed by atoms with E-state index >= 15 is 0 Å². The molecule has 0 saturated carbocycles. The van der Waals surface area contributed by atoms with E-state index < -0.39 is 0 Å². The zero-order valence-electron chi connectivity index (χ0n) is 17.9. The molecule has 6 rings (SSSR count). The van der Waals surface area contributed by atoms with Crippen LogP contribution in [-0.4, -0.2) is 34.9 Å². The molecule has 0 spiro atoms. The third-order valence-electron chi connectivity index (χ3n) is 5.87. The van der Waals surface area contributed by atoms with E-state index in [1.54, 1.807) is 18.6 Å². The predicted molar refractivity (Wildman–Crippen MR) is 120 cm³/mol. The van der Waals surface area contributed by atoms with Crippen LogP contribution < -0.4 is 4.74 Å². The first-order valence-electron chi connectivity index (χ1n) is 11.0. The van der Waals surface area contributed by atoms with Gasteiger partial charge in [0.2, 0.25) is 5.82 Å². The van der Waals surface area contributed by atoms with E-state index in [9.17, 15) is 0 Å². The van der Waals surface area contributed by atoms with Gasteiger partial charge < -0.3 is 13.8 Å². The summed E-state index contributed by atoms with van der Waals surface area (Å²) in [5, 5.41) is 13.7. The molecule has 0 fully saturated rings. The molecule has 0 atom stereocenters. The second-order valence-electron chi connectivity index (χ2n) is 7.98. The topological polar surface area (TPSA) is 105 Å². The first kappa shape index (κ1) is 19.5. The molecule has 4 aromatic heterocycles. The summed E-state index contributed by atoms with van der Waals surface area (Å²) >= 11 is 0. The summed E-state index contributed by atoms with van der Waals surface area (Å²) < 4.78 is 13.7. The molecule has 33 heavy (non-hydrogen) atoms. The molecular weight excluding hydrogens is 418 g/mol. The van der Waals surface area contributed by atoms with Crippen LogP contribution in [0.15, 0.2) is 59.5 Å². The van der Waals surface area contributed by atoms with Crippen LogP contribution in [0.3, 0.4) is 0 Å². The molecular formula is C24H21N7O2. The van der Waals surface area contributed by atoms with Crippen molar-refractivity contribution in [2.24, 2.45) is 0 Å².